The van der Waals surface area contributed by atoms with E-state index < -0.39 is 0 Å². The standard InChI is InChI=1S/C23H24N4O2/c1-26-21-13-17(25)5-8-19(21)22(20(14-24)23(26)28)27-11-9-16(10-12-27)15-3-6-18(29-2)7-4-15/h3-8,13,16H,9-12,25H2,1-2H3. The van der Waals surface area contributed by atoms with Gasteiger partial charge in [-0.2, -0.15) is 5.26 Å². The molecule has 0 radical (unpaired) electrons. The second kappa shape index (κ2) is 7.51. The summed E-state index contributed by atoms with van der Waals surface area (Å²) < 4.78 is 6.76. The highest BCUT2D eigenvalue weighted by atomic mass is 16.5. The molecule has 0 unspecified atom stereocenters. The lowest BCUT2D eigenvalue weighted by Gasteiger charge is -2.35. The fourth-order valence-corrected chi connectivity index (χ4v) is 4.28. The van der Waals surface area contributed by atoms with Crippen LogP contribution in [-0.4, -0.2) is 24.8 Å². The minimum atomic E-state index is -0.280. The molecule has 6 heteroatoms. The van der Waals surface area contributed by atoms with Crippen LogP contribution in [0.25, 0.3) is 10.9 Å². The molecular weight excluding hydrogens is 364 g/mol. The average molecular weight is 388 g/mol. The van der Waals surface area contributed by atoms with E-state index in [1.54, 1.807) is 20.2 Å². The highest BCUT2D eigenvalue weighted by Crippen LogP contribution is 2.35. The molecule has 2 N–H and O–H groups in total. The normalized spacial score (nSPS) is 14.7. The second-order valence-corrected chi connectivity index (χ2v) is 7.51. The topological polar surface area (TPSA) is 84.3 Å². The number of nitrogens with zero attached hydrogens (tertiary/aromatic N) is 3. The number of methoxy groups -OCH3 is 1. The molecule has 0 aliphatic carbocycles. The first kappa shape index (κ1) is 18.9. The lowest BCUT2D eigenvalue weighted by Crippen LogP contribution is -2.35. The Balaban J connectivity index is 1.68. The van der Waals surface area contributed by atoms with Gasteiger partial charge in [0.1, 0.15) is 17.4 Å². The number of benzene rings is 2. The summed E-state index contributed by atoms with van der Waals surface area (Å²) in [6.07, 6.45) is 1.92. The van der Waals surface area contributed by atoms with Gasteiger partial charge in [0.2, 0.25) is 0 Å². The van der Waals surface area contributed by atoms with Gasteiger partial charge in [-0.25, -0.2) is 0 Å². The number of nitrogens with two attached hydrogens (primary N) is 1. The zero-order valence-corrected chi connectivity index (χ0v) is 16.7. The number of hydrogen-bond donors (Lipinski definition) is 1. The highest BCUT2D eigenvalue weighted by molar-refractivity contribution is 5.96. The minimum Gasteiger partial charge on any atom is -0.497 e. The van der Waals surface area contributed by atoms with Crippen LogP contribution in [0.2, 0.25) is 0 Å². The molecule has 2 aromatic carbocycles. The van der Waals surface area contributed by atoms with E-state index in [1.807, 2.05) is 24.3 Å². The van der Waals surface area contributed by atoms with Gasteiger partial charge in [-0.3, -0.25) is 4.79 Å². The fourth-order valence-electron chi connectivity index (χ4n) is 4.28. The van der Waals surface area contributed by atoms with E-state index in [2.05, 4.69) is 23.1 Å². The summed E-state index contributed by atoms with van der Waals surface area (Å²) in [6.45, 7) is 1.58. The van der Waals surface area contributed by atoms with Gasteiger partial charge in [0.15, 0.2) is 0 Å². The van der Waals surface area contributed by atoms with Crippen molar-refractivity contribution in [3.8, 4) is 11.8 Å². The van der Waals surface area contributed by atoms with Crippen LogP contribution in [0.4, 0.5) is 11.4 Å². The van der Waals surface area contributed by atoms with Crippen molar-refractivity contribution in [1.29, 1.82) is 5.26 Å². The highest BCUT2D eigenvalue weighted by Gasteiger charge is 2.26. The smallest absolute Gasteiger partial charge is 0.270 e. The number of anilines is 2. The number of aromatic nitrogens is 1. The lowest BCUT2D eigenvalue weighted by molar-refractivity contribution is 0.414. The monoisotopic (exact) mass is 388 g/mol. The summed E-state index contributed by atoms with van der Waals surface area (Å²) in [5.74, 6) is 1.31. The molecule has 0 spiro atoms. The van der Waals surface area contributed by atoms with Crippen LogP contribution in [0.3, 0.4) is 0 Å². The maximum absolute atomic E-state index is 12.8. The van der Waals surface area contributed by atoms with Gasteiger partial charge in [0.05, 0.1) is 18.3 Å². The quantitative estimate of drug-likeness (QED) is 0.695. The summed E-state index contributed by atoms with van der Waals surface area (Å²) in [5, 5.41) is 10.6. The fraction of sp³-hybridized carbons (Fsp3) is 0.304. The van der Waals surface area contributed by atoms with Crippen LogP contribution in [0, 0.1) is 11.3 Å². The van der Waals surface area contributed by atoms with Crippen molar-refractivity contribution in [1.82, 2.24) is 4.57 Å². The minimum absolute atomic E-state index is 0.202. The number of nitrogen functional groups attached to an aromatic ring is 1. The number of piperidine rings is 1. The molecule has 4 rings (SSSR count). The van der Waals surface area contributed by atoms with Crippen molar-refractivity contribution in [2.45, 2.75) is 18.8 Å². The van der Waals surface area contributed by atoms with E-state index in [0.717, 1.165) is 48.3 Å². The number of ether oxygens (including phenoxy) is 1. The first-order chi connectivity index (χ1) is 14.0. The molecule has 29 heavy (non-hydrogen) atoms. The molecule has 0 atom stereocenters. The molecular formula is C23H24N4O2. The second-order valence-electron chi connectivity index (χ2n) is 7.51. The zero-order valence-electron chi connectivity index (χ0n) is 16.7. The SMILES string of the molecule is COc1ccc(C2CCN(c3c(C#N)c(=O)n(C)c4cc(N)ccc34)CC2)cc1. The number of rotatable bonds is 3. The van der Waals surface area contributed by atoms with Crippen molar-refractivity contribution >= 4 is 22.3 Å². The number of aryl methyl sites for hydroxylation is 1. The molecule has 1 aromatic heterocycles. The molecule has 6 nitrogen and oxygen atoms in total. The maximum Gasteiger partial charge on any atom is 0.270 e. The van der Waals surface area contributed by atoms with Gasteiger partial charge in [0.25, 0.3) is 5.56 Å². The number of pyridine rings is 1. The van der Waals surface area contributed by atoms with Crippen LogP contribution in [-0.2, 0) is 7.05 Å². The third-order valence-electron chi connectivity index (χ3n) is 5.90. The van der Waals surface area contributed by atoms with Crippen molar-refractivity contribution in [3.63, 3.8) is 0 Å². The molecule has 0 amide bonds. The van der Waals surface area contributed by atoms with E-state index in [4.69, 9.17) is 10.5 Å². The van der Waals surface area contributed by atoms with Crippen molar-refractivity contribution in [2.75, 3.05) is 30.8 Å². The largest absolute Gasteiger partial charge is 0.497 e. The van der Waals surface area contributed by atoms with Crippen molar-refractivity contribution < 1.29 is 4.74 Å². The average Bonchev–Trinajstić information content (AvgIpc) is 2.76. The molecule has 0 bridgehead atoms. The first-order valence-electron chi connectivity index (χ1n) is 9.74. The van der Waals surface area contributed by atoms with Crippen LogP contribution in [0.5, 0.6) is 5.75 Å². The Morgan fingerprint density at radius 2 is 1.83 bits per heavy atom. The summed E-state index contributed by atoms with van der Waals surface area (Å²) >= 11 is 0. The Hall–Kier alpha value is -3.46. The third kappa shape index (κ3) is 3.29. The van der Waals surface area contributed by atoms with E-state index in [9.17, 15) is 10.1 Å². The lowest BCUT2D eigenvalue weighted by atomic mass is 9.89. The molecule has 1 aliphatic rings. The van der Waals surface area contributed by atoms with Gasteiger partial charge >= 0.3 is 0 Å². The Kier molecular flexibility index (Phi) is 4.89. The Morgan fingerprint density at radius 1 is 1.14 bits per heavy atom. The molecule has 3 aromatic rings. The summed E-state index contributed by atoms with van der Waals surface area (Å²) in [4.78, 5) is 15.0. The third-order valence-corrected chi connectivity index (χ3v) is 5.90. The summed E-state index contributed by atoms with van der Waals surface area (Å²) in [5.41, 5.74) is 9.25. The van der Waals surface area contributed by atoms with Gasteiger partial charge in [0, 0.05) is 31.2 Å². The van der Waals surface area contributed by atoms with Gasteiger partial charge < -0.3 is 19.9 Å². The predicted octanol–water partition coefficient (Wildman–Crippen LogP) is 3.38. The van der Waals surface area contributed by atoms with Crippen LogP contribution < -0.4 is 20.9 Å². The van der Waals surface area contributed by atoms with E-state index in [1.165, 1.54) is 10.1 Å². The number of hydrogen-bond acceptors (Lipinski definition) is 5. The molecule has 1 aliphatic heterocycles. The van der Waals surface area contributed by atoms with E-state index in [0.29, 0.717) is 11.6 Å². The van der Waals surface area contributed by atoms with Gasteiger partial charge in [-0.05, 0) is 54.7 Å². The van der Waals surface area contributed by atoms with Crippen molar-refractivity contribution in [3.05, 3.63) is 63.9 Å². The van der Waals surface area contributed by atoms with Gasteiger partial charge in [-0.1, -0.05) is 12.1 Å². The maximum atomic E-state index is 12.8. The summed E-state index contributed by atoms with van der Waals surface area (Å²) in [6, 6.07) is 15.9. The van der Waals surface area contributed by atoms with Crippen LogP contribution >= 0.6 is 0 Å². The molecule has 1 saturated heterocycles. The molecule has 1 fully saturated rings. The molecule has 0 saturated carbocycles. The van der Waals surface area contributed by atoms with E-state index in [-0.39, 0.29) is 11.1 Å². The number of nitriles is 1. The zero-order chi connectivity index (χ0) is 20.5. The molecule has 148 valence electrons. The predicted molar refractivity (Wildman–Crippen MR) is 115 cm³/mol. The van der Waals surface area contributed by atoms with E-state index >= 15 is 0 Å². The van der Waals surface area contributed by atoms with Crippen molar-refractivity contribution in [2.24, 2.45) is 7.05 Å². The first-order valence-corrected chi connectivity index (χ1v) is 9.74. The Labute approximate surface area is 169 Å². The molecule has 2 heterocycles. The summed E-state index contributed by atoms with van der Waals surface area (Å²) in [7, 11) is 3.35. The van der Waals surface area contributed by atoms with Gasteiger partial charge in [-0.15, -0.1) is 0 Å². The number of fused-ring (bicyclic) bond motifs is 1. The Morgan fingerprint density at radius 3 is 2.45 bits per heavy atom. The Bertz CT molecular complexity index is 1150. The van der Waals surface area contributed by atoms with Crippen LogP contribution in [0.15, 0.2) is 47.3 Å². The van der Waals surface area contributed by atoms with Crippen LogP contribution in [0.1, 0.15) is 29.9 Å².